The number of ether oxygens (including phenoxy) is 1. The van der Waals surface area contributed by atoms with E-state index in [1.807, 2.05) is 24.3 Å². The minimum atomic E-state index is -3.37. The largest absolute Gasteiger partial charge is 0.378 e. The van der Waals surface area contributed by atoms with Gasteiger partial charge in [0, 0.05) is 20.2 Å². The maximum absolute atomic E-state index is 12.4. The second-order valence-electron chi connectivity index (χ2n) is 5.73. The third-order valence-corrected chi connectivity index (χ3v) is 5.74. The van der Waals surface area contributed by atoms with Crippen LogP contribution in [0.2, 0.25) is 0 Å². The van der Waals surface area contributed by atoms with E-state index in [0.29, 0.717) is 23.9 Å². The monoisotopic (exact) mass is 348 g/mol. The summed E-state index contributed by atoms with van der Waals surface area (Å²) in [6.07, 6.45) is 0. The molecular formula is C16H20N4O3S. The van der Waals surface area contributed by atoms with E-state index < -0.39 is 10.0 Å². The molecule has 0 aliphatic carbocycles. The lowest BCUT2D eigenvalue weighted by molar-refractivity contribution is 0.181. The zero-order chi connectivity index (χ0) is 17.3. The van der Waals surface area contributed by atoms with E-state index in [9.17, 15) is 8.42 Å². The number of methoxy groups -OCH3 is 1. The van der Waals surface area contributed by atoms with Crippen molar-refractivity contribution in [3.8, 4) is 0 Å². The van der Waals surface area contributed by atoms with E-state index in [4.69, 9.17) is 4.74 Å². The summed E-state index contributed by atoms with van der Waals surface area (Å²) in [5, 5.41) is 3.24. The average molecular weight is 348 g/mol. The predicted octanol–water partition coefficient (Wildman–Crippen LogP) is 1.86. The second-order valence-corrected chi connectivity index (χ2v) is 7.77. The first kappa shape index (κ1) is 16.7. The average Bonchev–Trinajstić information content (AvgIpc) is 2.52. The van der Waals surface area contributed by atoms with Crippen LogP contribution < -0.4 is 9.62 Å². The standard InChI is InChI=1S/C16H20N4O3S/c1-11-17-12(9-23-3)8-16(18-11)19-14-10-24(21,22)20(2)15-7-5-4-6-13(14)15/h4-8,14H,9-10H2,1-3H3,(H,17,18,19). The fourth-order valence-electron chi connectivity index (χ4n) is 2.85. The van der Waals surface area contributed by atoms with Gasteiger partial charge < -0.3 is 10.1 Å². The Morgan fingerprint density at radius 2 is 2.08 bits per heavy atom. The van der Waals surface area contributed by atoms with Gasteiger partial charge in [-0.1, -0.05) is 18.2 Å². The number of nitrogens with one attached hydrogen (secondary N) is 1. The topological polar surface area (TPSA) is 84.4 Å². The molecule has 0 amide bonds. The van der Waals surface area contributed by atoms with Crippen LogP contribution in [0.1, 0.15) is 23.1 Å². The number of aromatic nitrogens is 2. The van der Waals surface area contributed by atoms with Crippen LogP contribution in [0.15, 0.2) is 30.3 Å². The highest BCUT2D eigenvalue weighted by Crippen LogP contribution is 2.35. The summed E-state index contributed by atoms with van der Waals surface area (Å²) >= 11 is 0. The summed E-state index contributed by atoms with van der Waals surface area (Å²) in [6, 6.07) is 8.89. The van der Waals surface area contributed by atoms with Gasteiger partial charge in [-0.15, -0.1) is 0 Å². The molecule has 0 spiro atoms. The van der Waals surface area contributed by atoms with Gasteiger partial charge in [-0.25, -0.2) is 18.4 Å². The summed E-state index contributed by atoms with van der Waals surface area (Å²) in [4.78, 5) is 8.66. The molecule has 0 fully saturated rings. The van der Waals surface area contributed by atoms with Crippen molar-refractivity contribution in [1.82, 2.24) is 9.97 Å². The molecule has 2 aromatic rings. The molecule has 8 heteroatoms. The number of nitrogens with zero attached hydrogens (tertiary/aromatic N) is 3. The highest BCUT2D eigenvalue weighted by Gasteiger charge is 2.33. The lowest BCUT2D eigenvalue weighted by Gasteiger charge is -2.33. The lowest BCUT2D eigenvalue weighted by Crippen LogP contribution is -2.39. The number of hydrogen-bond donors (Lipinski definition) is 1. The molecule has 1 aliphatic rings. The molecule has 1 N–H and O–H groups in total. The number of sulfonamides is 1. The highest BCUT2D eigenvalue weighted by molar-refractivity contribution is 7.92. The molecule has 2 heterocycles. The van der Waals surface area contributed by atoms with Gasteiger partial charge in [-0.05, 0) is 18.6 Å². The van der Waals surface area contributed by atoms with Gasteiger partial charge in [0.2, 0.25) is 10.0 Å². The first-order valence-electron chi connectivity index (χ1n) is 7.56. The zero-order valence-corrected chi connectivity index (χ0v) is 14.7. The summed E-state index contributed by atoms with van der Waals surface area (Å²) < 4.78 is 31.3. The number of rotatable bonds is 4. The zero-order valence-electron chi connectivity index (χ0n) is 13.9. The van der Waals surface area contributed by atoms with E-state index in [0.717, 1.165) is 11.3 Å². The van der Waals surface area contributed by atoms with Gasteiger partial charge in [-0.3, -0.25) is 4.31 Å². The molecule has 1 aromatic heterocycles. The molecular weight excluding hydrogens is 328 g/mol. The Bertz CT molecular complexity index is 854. The van der Waals surface area contributed by atoms with E-state index in [2.05, 4.69) is 15.3 Å². The predicted molar refractivity (Wildman–Crippen MR) is 92.5 cm³/mol. The smallest absolute Gasteiger partial charge is 0.237 e. The number of fused-ring (bicyclic) bond motifs is 1. The van der Waals surface area contributed by atoms with Gasteiger partial charge >= 0.3 is 0 Å². The minimum absolute atomic E-state index is 0.0246. The van der Waals surface area contributed by atoms with Crippen LogP contribution in [-0.4, -0.2) is 38.3 Å². The van der Waals surface area contributed by atoms with Crippen molar-refractivity contribution in [1.29, 1.82) is 0 Å². The molecule has 128 valence electrons. The van der Waals surface area contributed by atoms with Crippen LogP contribution >= 0.6 is 0 Å². The maximum Gasteiger partial charge on any atom is 0.237 e. The van der Waals surface area contributed by atoms with Crippen LogP contribution in [0.5, 0.6) is 0 Å². The van der Waals surface area contributed by atoms with Crippen molar-refractivity contribution in [3.63, 3.8) is 0 Å². The summed E-state index contributed by atoms with van der Waals surface area (Å²) in [7, 11) is -0.191. The van der Waals surface area contributed by atoms with Crippen molar-refractivity contribution < 1.29 is 13.2 Å². The van der Waals surface area contributed by atoms with Crippen LogP contribution in [0.4, 0.5) is 11.5 Å². The molecule has 3 rings (SSSR count). The van der Waals surface area contributed by atoms with Gasteiger partial charge in [-0.2, -0.15) is 0 Å². The Morgan fingerprint density at radius 3 is 2.83 bits per heavy atom. The minimum Gasteiger partial charge on any atom is -0.378 e. The normalized spacial score (nSPS) is 19.0. The van der Waals surface area contributed by atoms with E-state index >= 15 is 0 Å². The van der Waals surface area contributed by atoms with Crippen LogP contribution in [0, 0.1) is 6.92 Å². The lowest BCUT2D eigenvalue weighted by atomic mass is 10.1. The van der Waals surface area contributed by atoms with Crippen molar-refractivity contribution in [2.45, 2.75) is 19.6 Å². The van der Waals surface area contributed by atoms with Crippen LogP contribution in [-0.2, 0) is 21.4 Å². The fraction of sp³-hybridized carbons (Fsp3) is 0.375. The molecule has 1 atom stereocenters. The quantitative estimate of drug-likeness (QED) is 0.908. The van der Waals surface area contributed by atoms with Crippen molar-refractivity contribution in [2.24, 2.45) is 0 Å². The van der Waals surface area contributed by atoms with Gasteiger partial charge in [0.05, 0.1) is 29.8 Å². The van der Waals surface area contributed by atoms with Crippen LogP contribution in [0.25, 0.3) is 0 Å². The van der Waals surface area contributed by atoms with Crippen LogP contribution in [0.3, 0.4) is 0 Å². The summed E-state index contributed by atoms with van der Waals surface area (Å²) in [5.74, 6) is 1.17. The SMILES string of the molecule is COCc1cc(NC2CS(=O)(=O)N(C)c3ccccc32)nc(C)n1. The molecule has 1 aromatic carbocycles. The maximum atomic E-state index is 12.4. The molecule has 1 aliphatic heterocycles. The highest BCUT2D eigenvalue weighted by atomic mass is 32.2. The number of para-hydroxylation sites is 1. The molecule has 0 saturated carbocycles. The fourth-order valence-corrected chi connectivity index (χ4v) is 4.23. The van der Waals surface area contributed by atoms with Gasteiger partial charge in [0.15, 0.2) is 0 Å². The van der Waals surface area contributed by atoms with Gasteiger partial charge in [0.25, 0.3) is 0 Å². The molecule has 0 saturated heterocycles. The number of anilines is 2. The van der Waals surface area contributed by atoms with Crippen molar-refractivity contribution in [3.05, 3.63) is 47.4 Å². The van der Waals surface area contributed by atoms with E-state index in [-0.39, 0.29) is 11.8 Å². The first-order valence-corrected chi connectivity index (χ1v) is 9.17. The van der Waals surface area contributed by atoms with E-state index in [1.165, 1.54) is 4.31 Å². The Kier molecular flexibility index (Phi) is 4.42. The second kappa shape index (κ2) is 6.37. The summed E-state index contributed by atoms with van der Waals surface area (Å²) in [6.45, 7) is 2.17. The number of benzene rings is 1. The molecule has 7 nitrogen and oxygen atoms in total. The number of hydrogen-bond acceptors (Lipinski definition) is 6. The summed E-state index contributed by atoms with van der Waals surface area (Å²) in [5.41, 5.74) is 2.36. The van der Waals surface area contributed by atoms with E-state index in [1.54, 1.807) is 27.1 Å². The van der Waals surface area contributed by atoms with Crippen molar-refractivity contribution >= 4 is 21.5 Å². The Labute approximate surface area is 141 Å². The van der Waals surface area contributed by atoms with Crippen molar-refractivity contribution in [2.75, 3.05) is 29.5 Å². The molecule has 24 heavy (non-hydrogen) atoms. The Hall–Kier alpha value is -2.19. The number of aryl methyl sites for hydroxylation is 1. The van der Waals surface area contributed by atoms with Gasteiger partial charge in [0.1, 0.15) is 11.6 Å². The third kappa shape index (κ3) is 3.20. The third-order valence-electron chi connectivity index (χ3n) is 3.95. The Balaban J connectivity index is 1.97. The first-order chi connectivity index (χ1) is 11.4. The molecule has 0 radical (unpaired) electrons. The Morgan fingerprint density at radius 1 is 1.33 bits per heavy atom. The molecule has 0 bridgehead atoms. The molecule has 1 unspecified atom stereocenters.